The maximum Gasteiger partial charge on any atom is 0.254 e. The third-order valence-electron chi connectivity index (χ3n) is 4.41. The van der Waals surface area contributed by atoms with E-state index >= 15 is 0 Å². The van der Waals surface area contributed by atoms with Crippen molar-refractivity contribution in [2.24, 2.45) is 0 Å². The number of morpholine rings is 1. The highest BCUT2D eigenvalue weighted by Gasteiger charge is 2.26. The van der Waals surface area contributed by atoms with E-state index in [2.05, 4.69) is 9.97 Å². The first-order valence-corrected chi connectivity index (χ1v) is 8.35. The molecule has 25 heavy (non-hydrogen) atoms. The molecule has 1 fully saturated rings. The highest BCUT2D eigenvalue weighted by Crippen LogP contribution is 2.33. The van der Waals surface area contributed by atoms with Crippen molar-refractivity contribution in [3.63, 3.8) is 0 Å². The van der Waals surface area contributed by atoms with Crippen LogP contribution in [-0.2, 0) is 11.2 Å². The van der Waals surface area contributed by atoms with Crippen LogP contribution >= 0.6 is 0 Å². The normalized spacial score (nSPS) is 19.0. The van der Waals surface area contributed by atoms with Crippen LogP contribution in [0.4, 0.5) is 0 Å². The van der Waals surface area contributed by atoms with E-state index < -0.39 is 0 Å². The van der Waals surface area contributed by atoms with Crippen LogP contribution in [0.5, 0.6) is 11.5 Å². The first-order valence-electron chi connectivity index (χ1n) is 8.35. The molecule has 1 amide bonds. The zero-order valence-electron chi connectivity index (χ0n) is 13.8. The fourth-order valence-electron chi connectivity index (χ4n) is 3.07. The predicted octanol–water partition coefficient (Wildman–Crippen LogP) is 1.68. The van der Waals surface area contributed by atoms with E-state index in [1.54, 1.807) is 30.7 Å². The van der Waals surface area contributed by atoms with Crippen LogP contribution in [0.2, 0.25) is 0 Å². The third kappa shape index (κ3) is 3.56. The number of hydrogen-bond donors (Lipinski definition) is 0. The van der Waals surface area contributed by atoms with Gasteiger partial charge in [0.1, 0.15) is 6.33 Å². The first kappa shape index (κ1) is 15.8. The van der Waals surface area contributed by atoms with Gasteiger partial charge in [-0.1, -0.05) is 0 Å². The van der Waals surface area contributed by atoms with Crippen LogP contribution in [0.3, 0.4) is 0 Å². The van der Waals surface area contributed by atoms with Crippen molar-refractivity contribution in [2.45, 2.75) is 18.9 Å². The Morgan fingerprint density at radius 3 is 3.04 bits per heavy atom. The fraction of sp³-hybridized carbons (Fsp3) is 0.389. The van der Waals surface area contributed by atoms with Crippen molar-refractivity contribution in [1.29, 1.82) is 0 Å². The van der Waals surface area contributed by atoms with E-state index in [0.29, 0.717) is 36.8 Å². The van der Waals surface area contributed by atoms with Gasteiger partial charge in [-0.3, -0.25) is 4.79 Å². The lowest BCUT2D eigenvalue weighted by Crippen LogP contribution is -2.45. The molecule has 0 saturated carbocycles. The van der Waals surface area contributed by atoms with Crippen LogP contribution in [0.15, 0.2) is 36.8 Å². The molecule has 2 aliphatic rings. The van der Waals surface area contributed by atoms with Gasteiger partial charge < -0.3 is 19.1 Å². The van der Waals surface area contributed by atoms with E-state index in [0.717, 1.165) is 18.5 Å². The number of aryl methyl sites for hydroxylation is 1. The van der Waals surface area contributed by atoms with Crippen molar-refractivity contribution in [3.05, 3.63) is 48.0 Å². The SMILES string of the molecule is O=C(c1ccc2c(c1)OCO2)N1CCOC(CCc2ccncn2)C1. The smallest absolute Gasteiger partial charge is 0.254 e. The van der Waals surface area contributed by atoms with Gasteiger partial charge in [0, 0.05) is 30.5 Å². The molecule has 1 unspecified atom stereocenters. The van der Waals surface area contributed by atoms with Crippen molar-refractivity contribution < 1.29 is 19.0 Å². The number of carbonyl (C=O) groups is 1. The van der Waals surface area contributed by atoms with E-state index in [1.165, 1.54) is 0 Å². The summed E-state index contributed by atoms with van der Waals surface area (Å²) in [6, 6.07) is 7.21. The van der Waals surface area contributed by atoms with E-state index in [-0.39, 0.29) is 18.8 Å². The number of ether oxygens (including phenoxy) is 3. The molecule has 0 bridgehead atoms. The average Bonchev–Trinajstić information content (AvgIpc) is 3.14. The van der Waals surface area contributed by atoms with Crippen molar-refractivity contribution >= 4 is 5.91 Å². The summed E-state index contributed by atoms with van der Waals surface area (Å²) in [6.07, 6.45) is 4.93. The molecule has 7 nitrogen and oxygen atoms in total. The van der Waals surface area contributed by atoms with Crippen molar-refractivity contribution in [1.82, 2.24) is 14.9 Å². The summed E-state index contributed by atoms with van der Waals surface area (Å²) >= 11 is 0. The summed E-state index contributed by atoms with van der Waals surface area (Å²) in [5.41, 5.74) is 1.60. The molecule has 1 saturated heterocycles. The van der Waals surface area contributed by atoms with Crippen LogP contribution in [0.1, 0.15) is 22.5 Å². The Balaban J connectivity index is 1.38. The molecular weight excluding hydrogens is 322 g/mol. The number of nitrogens with zero attached hydrogens (tertiary/aromatic N) is 3. The molecule has 3 heterocycles. The zero-order chi connectivity index (χ0) is 17.1. The number of aromatic nitrogens is 2. The molecule has 2 aromatic rings. The second kappa shape index (κ2) is 7.06. The largest absolute Gasteiger partial charge is 0.454 e. The molecule has 2 aliphatic heterocycles. The summed E-state index contributed by atoms with van der Waals surface area (Å²) < 4.78 is 16.5. The Kier molecular flexibility index (Phi) is 4.47. The highest BCUT2D eigenvalue weighted by molar-refractivity contribution is 5.95. The third-order valence-corrected chi connectivity index (χ3v) is 4.41. The second-order valence-corrected chi connectivity index (χ2v) is 6.05. The molecule has 7 heteroatoms. The van der Waals surface area contributed by atoms with Crippen molar-refractivity contribution in [2.75, 3.05) is 26.5 Å². The maximum absolute atomic E-state index is 12.8. The second-order valence-electron chi connectivity index (χ2n) is 6.05. The monoisotopic (exact) mass is 341 g/mol. The molecule has 1 aromatic carbocycles. The summed E-state index contributed by atoms with van der Waals surface area (Å²) in [5.74, 6) is 1.30. The molecule has 0 spiro atoms. The average molecular weight is 341 g/mol. The van der Waals surface area contributed by atoms with Gasteiger partial charge in [0.15, 0.2) is 11.5 Å². The summed E-state index contributed by atoms with van der Waals surface area (Å²) in [4.78, 5) is 22.8. The number of fused-ring (bicyclic) bond motifs is 1. The summed E-state index contributed by atoms with van der Waals surface area (Å²) in [6.45, 7) is 1.93. The Morgan fingerprint density at radius 2 is 2.16 bits per heavy atom. The van der Waals surface area contributed by atoms with Gasteiger partial charge >= 0.3 is 0 Å². The van der Waals surface area contributed by atoms with Crippen molar-refractivity contribution in [3.8, 4) is 11.5 Å². The lowest BCUT2D eigenvalue weighted by atomic mass is 10.1. The van der Waals surface area contributed by atoms with Crippen LogP contribution in [0, 0.1) is 0 Å². The van der Waals surface area contributed by atoms with Crippen LogP contribution < -0.4 is 9.47 Å². The molecule has 0 aliphatic carbocycles. The fourth-order valence-corrected chi connectivity index (χ4v) is 3.07. The molecule has 130 valence electrons. The van der Waals surface area contributed by atoms with Gasteiger partial charge in [0.2, 0.25) is 6.79 Å². The van der Waals surface area contributed by atoms with Gasteiger partial charge in [0.25, 0.3) is 5.91 Å². The number of amides is 1. The van der Waals surface area contributed by atoms with Gasteiger partial charge in [-0.05, 0) is 37.1 Å². The topological polar surface area (TPSA) is 73.8 Å². The highest BCUT2D eigenvalue weighted by atomic mass is 16.7. The molecule has 0 N–H and O–H groups in total. The number of carbonyl (C=O) groups excluding carboxylic acids is 1. The quantitative estimate of drug-likeness (QED) is 0.842. The Labute approximate surface area is 145 Å². The minimum Gasteiger partial charge on any atom is -0.454 e. The first-order chi connectivity index (χ1) is 12.3. The molecule has 0 radical (unpaired) electrons. The minimum absolute atomic E-state index is 0.00589. The van der Waals surface area contributed by atoms with Gasteiger partial charge in [-0.2, -0.15) is 0 Å². The van der Waals surface area contributed by atoms with E-state index in [4.69, 9.17) is 14.2 Å². The maximum atomic E-state index is 12.8. The number of benzene rings is 1. The number of hydrogen-bond acceptors (Lipinski definition) is 6. The molecule has 1 atom stereocenters. The zero-order valence-corrected chi connectivity index (χ0v) is 13.8. The van der Waals surface area contributed by atoms with Gasteiger partial charge in [0.05, 0.1) is 12.7 Å². The Bertz CT molecular complexity index is 753. The van der Waals surface area contributed by atoms with Crippen LogP contribution in [0.25, 0.3) is 0 Å². The Hall–Kier alpha value is -2.67. The van der Waals surface area contributed by atoms with Gasteiger partial charge in [-0.25, -0.2) is 9.97 Å². The van der Waals surface area contributed by atoms with Gasteiger partial charge in [-0.15, -0.1) is 0 Å². The molecule has 4 rings (SSSR count). The lowest BCUT2D eigenvalue weighted by Gasteiger charge is -2.33. The molecular formula is C18H19N3O4. The van der Waals surface area contributed by atoms with Crippen LogP contribution in [-0.4, -0.2) is 53.4 Å². The summed E-state index contributed by atoms with van der Waals surface area (Å²) in [5, 5.41) is 0. The molecule has 1 aromatic heterocycles. The Morgan fingerprint density at radius 1 is 1.24 bits per heavy atom. The van der Waals surface area contributed by atoms with E-state index in [1.807, 2.05) is 11.0 Å². The van der Waals surface area contributed by atoms with E-state index in [9.17, 15) is 4.79 Å². The number of rotatable bonds is 4. The standard InChI is InChI=1S/C18H19N3O4/c22-18(13-1-4-16-17(9-13)25-12-24-16)21-7-8-23-15(10-21)3-2-14-5-6-19-11-20-14/h1,4-6,9,11,15H,2-3,7-8,10,12H2. The minimum atomic E-state index is -0.00589. The lowest BCUT2D eigenvalue weighted by molar-refractivity contribution is -0.0247. The predicted molar refractivity (Wildman–Crippen MR) is 88.6 cm³/mol. The summed E-state index contributed by atoms with van der Waals surface area (Å²) in [7, 11) is 0.